The fourth-order valence-electron chi connectivity index (χ4n) is 1.23. The Kier molecular flexibility index (Phi) is 5.24. The van der Waals surface area contributed by atoms with Crippen LogP contribution in [0, 0.1) is 0 Å². The van der Waals surface area contributed by atoms with Gasteiger partial charge in [0.15, 0.2) is 0 Å². The molecular formula is C10H9Cl2NOS3. The van der Waals surface area contributed by atoms with Crippen molar-refractivity contribution in [2.45, 2.75) is 4.58 Å². The molecule has 1 aliphatic heterocycles. The van der Waals surface area contributed by atoms with Gasteiger partial charge in [0.05, 0.1) is 10.0 Å². The number of amides is 1. The first-order chi connectivity index (χ1) is 8.16. The van der Waals surface area contributed by atoms with Crippen LogP contribution in [0.5, 0.6) is 0 Å². The van der Waals surface area contributed by atoms with Crippen molar-refractivity contribution in [1.82, 2.24) is 0 Å². The molecule has 1 heterocycles. The molecular weight excluding hydrogens is 317 g/mol. The fourth-order valence-corrected chi connectivity index (χ4v) is 5.98. The van der Waals surface area contributed by atoms with E-state index in [1.165, 1.54) is 0 Å². The second kappa shape index (κ2) is 6.48. The molecule has 17 heavy (non-hydrogen) atoms. The Labute approximate surface area is 123 Å². The molecule has 1 saturated heterocycles. The zero-order valence-corrected chi connectivity index (χ0v) is 12.6. The van der Waals surface area contributed by atoms with E-state index in [4.69, 9.17) is 23.2 Å². The zero-order chi connectivity index (χ0) is 12.3. The van der Waals surface area contributed by atoms with Crippen LogP contribution in [0.3, 0.4) is 0 Å². The van der Waals surface area contributed by atoms with E-state index in [2.05, 4.69) is 5.32 Å². The third-order valence-corrected chi connectivity index (χ3v) is 7.02. The first kappa shape index (κ1) is 13.7. The highest BCUT2D eigenvalue weighted by molar-refractivity contribution is 8.33. The Hall–Kier alpha value is 0.320. The summed E-state index contributed by atoms with van der Waals surface area (Å²) in [5, 5.41) is 5.71. The first-order valence-corrected chi connectivity index (χ1v) is 8.74. The number of anilines is 1. The van der Waals surface area contributed by atoms with Crippen LogP contribution in [0.15, 0.2) is 18.2 Å². The van der Waals surface area contributed by atoms with Crippen molar-refractivity contribution in [3.63, 3.8) is 0 Å². The van der Waals surface area contributed by atoms with Gasteiger partial charge in [-0.25, -0.2) is 0 Å². The Balaban J connectivity index is 1.99. The van der Waals surface area contributed by atoms with Crippen molar-refractivity contribution in [2.75, 3.05) is 15.5 Å². The Morgan fingerprint density at radius 1 is 1.24 bits per heavy atom. The molecule has 0 aromatic heterocycles. The van der Waals surface area contributed by atoms with Gasteiger partial charge in [0.1, 0.15) is 4.58 Å². The van der Waals surface area contributed by atoms with Gasteiger partial charge < -0.3 is 5.32 Å². The van der Waals surface area contributed by atoms with Crippen LogP contribution in [0.2, 0.25) is 10.0 Å². The molecule has 0 saturated carbocycles. The van der Waals surface area contributed by atoms with Crippen molar-refractivity contribution in [2.24, 2.45) is 0 Å². The maximum Gasteiger partial charge on any atom is 0.247 e. The van der Waals surface area contributed by atoms with E-state index in [1.807, 2.05) is 11.8 Å². The number of carbonyl (C=O) groups excluding carboxylic acids is 1. The van der Waals surface area contributed by atoms with Crippen LogP contribution < -0.4 is 5.32 Å². The van der Waals surface area contributed by atoms with Gasteiger partial charge in [-0.2, -0.15) is 0 Å². The summed E-state index contributed by atoms with van der Waals surface area (Å²) >= 11 is 16.8. The number of carbonyl (C=O) groups is 1. The molecule has 0 aliphatic carbocycles. The smallest absolute Gasteiger partial charge is 0.247 e. The third-order valence-electron chi connectivity index (χ3n) is 2.01. The number of rotatable bonds is 2. The molecule has 2 nitrogen and oxygen atoms in total. The van der Waals surface area contributed by atoms with Gasteiger partial charge in [-0.15, -0.1) is 35.3 Å². The van der Waals surface area contributed by atoms with Crippen molar-refractivity contribution in [1.29, 1.82) is 0 Å². The van der Waals surface area contributed by atoms with E-state index in [0.717, 1.165) is 10.2 Å². The van der Waals surface area contributed by atoms with Crippen LogP contribution >= 0.6 is 58.5 Å². The number of hydrogen-bond acceptors (Lipinski definition) is 4. The summed E-state index contributed by atoms with van der Waals surface area (Å²) in [6.07, 6.45) is 0. The van der Waals surface area contributed by atoms with Gasteiger partial charge in [-0.3, -0.25) is 4.79 Å². The predicted molar refractivity (Wildman–Crippen MR) is 81.4 cm³/mol. The number of benzene rings is 1. The van der Waals surface area contributed by atoms with Gasteiger partial charge in [0.2, 0.25) is 5.91 Å². The monoisotopic (exact) mass is 325 g/mol. The van der Waals surface area contributed by atoms with E-state index in [-0.39, 0.29) is 10.5 Å². The second-order valence-corrected chi connectivity index (χ2v) is 8.24. The van der Waals surface area contributed by atoms with E-state index >= 15 is 0 Å². The average molecular weight is 326 g/mol. The number of hydrogen-bond donors (Lipinski definition) is 1. The minimum Gasteiger partial charge on any atom is -0.324 e. The Morgan fingerprint density at radius 2 is 1.94 bits per heavy atom. The van der Waals surface area contributed by atoms with Crippen LogP contribution in [0.25, 0.3) is 0 Å². The highest BCUT2D eigenvalue weighted by Crippen LogP contribution is 2.36. The SMILES string of the molecule is O=C(Nc1ccc(Cl)c(Cl)c1)C1SCSCS1. The fraction of sp³-hybridized carbons (Fsp3) is 0.300. The maximum atomic E-state index is 11.9. The molecule has 0 atom stereocenters. The topological polar surface area (TPSA) is 29.1 Å². The standard InChI is InChI=1S/C10H9Cl2NOS3/c11-7-2-1-6(3-8(7)12)13-9(14)10-16-4-15-5-17-10/h1-3,10H,4-5H2,(H,13,14). The number of nitrogens with one attached hydrogen (secondary N) is 1. The summed E-state index contributed by atoms with van der Waals surface area (Å²) in [5.41, 5.74) is 0.684. The molecule has 1 aliphatic rings. The van der Waals surface area contributed by atoms with E-state index in [0.29, 0.717) is 15.7 Å². The van der Waals surface area contributed by atoms with Gasteiger partial charge in [-0.1, -0.05) is 23.2 Å². The number of halogens is 2. The highest BCUT2D eigenvalue weighted by Gasteiger charge is 2.22. The van der Waals surface area contributed by atoms with E-state index in [1.54, 1.807) is 41.7 Å². The molecule has 1 N–H and O–H groups in total. The molecule has 0 radical (unpaired) electrons. The molecule has 1 aromatic rings. The van der Waals surface area contributed by atoms with Crippen LogP contribution in [-0.4, -0.2) is 20.7 Å². The van der Waals surface area contributed by atoms with Crippen LogP contribution in [0.4, 0.5) is 5.69 Å². The lowest BCUT2D eigenvalue weighted by molar-refractivity contribution is -0.114. The summed E-state index contributed by atoms with van der Waals surface area (Å²) in [6.45, 7) is 0. The van der Waals surface area contributed by atoms with Crippen molar-refractivity contribution in [3.8, 4) is 0 Å². The molecule has 0 bridgehead atoms. The minimum atomic E-state index is -0.0364. The minimum absolute atomic E-state index is 0.0127. The van der Waals surface area contributed by atoms with Gasteiger partial charge >= 0.3 is 0 Å². The van der Waals surface area contributed by atoms with Crippen molar-refractivity contribution >= 4 is 70.1 Å². The molecule has 1 amide bonds. The largest absolute Gasteiger partial charge is 0.324 e. The summed E-state index contributed by atoms with van der Waals surface area (Å²) < 4.78 is -0.0364. The van der Waals surface area contributed by atoms with Crippen molar-refractivity contribution < 1.29 is 4.79 Å². The molecule has 1 fully saturated rings. The van der Waals surface area contributed by atoms with E-state index in [9.17, 15) is 4.79 Å². The normalized spacial score (nSPS) is 16.8. The van der Waals surface area contributed by atoms with Gasteiger partial charge in [0.25, 0.3) is 0 Å². The second-order valence-electron chi connectivity index (χ2n) is 3.22. The summed E-state index contributed by atoms with van der Waals surface area (Å²) in [4.78, 5) is 11.9. The molecule has 2 rings (SSSR count). The molecule has 0 spiro atoms. The van der Waals surface area contributed by atoms with Gasteiger partial charge in [0, 0.05) is 15.9 Å². The van der Waals surface area contributed by atoms with Gasteiger partial charge in [-0.05, 0) is 18.2 Å². The highest BCUT2D eigenvalue weighted by atomic mass is 35.5. The van der Waals surface area contributed by atoms with E-state index < -0.39 is 0 Å². The average Bonchev–Trinajstić information content (AvgIpc) is 2.35. The summed E-state index contributed by atoms with van der Waals surface area (Å²) in [6, 6.07) is 5.09. The van der Waals surface area contributed by atoms with Crippen LogP contribution in [-0.2, 0) is 4.79 Å². The summed E-state index contributed by atoms with van der Waals surface area (Å²) in [5.74, 6) is 0.0127. The predicted octanol–water partition coefficient (Wildman–Crippen LogP) is 4.39. The first-order valence-electron chi connectivity index (χ1n) is 4.73. The Bertz CT molecular complexity index is 424. The molecule has 1 aromatic carbocycles. The molecule has 92 valence electrons. The molecule has 7 heteroatoms. The summed E-state index contributed by atoms with van der Waals surface area (Å²) in [7, 11) is 0. The lowest BCUT2D eigenvalue weighted by atomic mass is 10.3. The van der Waals surface area contributed by atoms with Crippen molar-refractivity contribution in [3.05, 3.63) is 28.2 Å². The lowest BCUT2D eigenvalue weighted by Gasteiger charge is -2.19. The molecule has 0 unspecified atom stereocenters. The third kappa shape index (κ3) is 3.89. The number of thioether (sulfide) groups is 3. The quantitative estimate of drug-likeness (QED) is 0.873. The van der Waals surface area contributed by atoms with Crippen LogP contribution in [0.1, 0.15) is 0 Å². The lowest BCUT2D eigenvalue weighted by Crippen LogP contribution is -2.24. The zero-order valence-electron chi connectivity index (χ0n) is 8.61. The Morgan fingerprint density at radius 3 is 2.59 bits per heavy atom. The maximum absolute atomic E-state index is 11.9.